The SMILES string of the molecule is CN(C)CCCOc1nc2c(cc1C#N)CCCC2. The number of nitrogens with zero attached hydrogens (tertiary/aromatic N) is 3. The Kier molecular flexibility index (Phi) is 4.75. The summed E-state index contributed by atoms with van der Waals surface area (Å²) in [5.41, 5.74) is 2.92. The molecule has 0 unspecified atom stereocenters. The van der Waals surface area contributed by atoms with Crippen molar-refractivity contribution in [1.82, 2.24) is 9.88 Å². The van der Waals surface area contributed by atoms with Crippen molar-refractivity contribution < 1.29 is 4.74 Å². The van der Waals surface area contributed by atoms with Gasteiger partial charge in [0.1, 0.15) is 11.6 Å². The van der Waals surface area contributed by atoms with Crippen LogP contribution < -0.4 is 4.74 Å². The van der Waals surface area contributed by atoms with Crippen LogP contribution in [0.15, 0.2) is 6.07 Å². The zero-order chi connectivity index (χ0) is 13.7. The normalized spacial score (nSPS) is 14.0. The van der Waals surface area contributed by atoms with Gasteiger partial charge in [-0.2, -0.15) is 5.26 Å². The largest absolute Gasteiger partial charge is 0.477 e. The smallest absolute Gasteiger partial charge is 0.231 e. The van der Waals surface area contributed by atoms with E-state index in [-0.39, 0.29) is 0 Å². The third kappa shape index (κ3) is 3.68. The summed E-state index contributed by atoms with van der Waals surface area (Å²) >= 11 is 0. The predicted octanol–water partition coefficient (Wildman–Crippen LogP) is 2.16. The third-order valence-electron chi connectivity index (χ3n) is 3.37. The van der Waals surface area contributed by atoms with Gasteiger partial charge in [-0.05, 0) is 57.8 Å². The Morgan fingerprint density at radius 2 is 2.16 bits per heavy atom. The van der Waals surface area contributed by atoms with Crippen LogP contribution in [0.5, 0.6) is 5.88 Å². The molecule has 102 valence electrons. The molecule has 0 bridgehead atoms. The maximum atomic E-state index is 9.19. The Hall–Kier alpha value is -1.60. The fourth-order valence-electron chi connectivity index (χ4n) is 2.35. The molecule has 0 atom stereocenters. The molecule has 0 spiro atoms. The topological polar surface area (TPSA) is 49.1 Å². The van der Waals surface area contributed by atoms with E-state index < -0.39 is 0 Å². The van der Waals surface area contributed by atoms with E-state index in [2.05, 4.69) is 16.0 Å². The van der Waals surface area contributed by atoms with Gasteiger partial charge in [0.2, 0.25) is 5.88 Å². The highest BCUT2D eigenvalue weighted by atomic mass is 16.5. The van der Waals surface area contributed by atoms with Crippen molar-refractivity contribution in [3.63, 3.8) is 0 Å². The highest BCUT2D eigenvalue weighted by molar-refractivity contribution is 5.43. The Labute approximate surface area is 115 Å². The Morgan fingerprint density at radius 1 is 1.37 bits per heavy atom. The summed E-state index contributed by atoms with van der Waals surface area (Å²) in [5, 5.41) is 9.19. The van der Waals surface area contributed by atoms with Crippen molar-refractivity contribution in [3.05, 3.63) is 22.9 Å². The molecule has 19 heavy (non-hydrogen) atoms. The predicted molar refractivity (Wildman–Crippen MR) is 74.3 cm³/mol. The summed E-state index contributed by atoms with van der Waals surface area (Å²) in [6, 6.07) is 4.16. The molecule has 1 aliphatic rings. The summed E-state index contributed by atoms with van der Waals surface area (Å²) in [4.78, 5) is 6.66. The number of aromatic nitrogens is 1. The van der Waals surface area contributed by atoms with E-state index in [1.807, 2.05) is 20.2 Å². The van der Waals surface area contributed by atoms with Crippen molar-refractivity contribution in [2.24, 2.45) is 0 Å². The van der Waals surface area contributed by atoms with E-state index in [0.717, 1.165) is 31.5 Å². The summed E-state index contributed by atoms with van der Waals surface area (Å²) in [6.07, 6.45) is 5.37. The van der Waals surface area contributed by atoms with Gasteiger partial charge in [0.25, 0.3) is 0 Å². The number of aryl methyl sites for hydroxylation is 2. The van der Waals surface area contributed by atoms with Crippen LogP contribution >= 0.6 is 0 Å². The number of fused-ring (bicyclic) bond motifs is 1. The Morgan fingerprint density at radius 3 is 2.89 bits per heavy atom. The zero-order valence-electron chi connectivity index (χ0n) is 11.8. The average Bonchev–Trinajstić information content (AvgIpc) is 2.42. The zero-order valence-corrected chi connectivity index (χ0v) is 11.8. The fraction of sp³-hybridized carbons (Fsp3) is 0.600. The first-order valence-electron chi connectivity index (χ1n) is 6.91. The van der Waals surface area contributed by atoms with Crippen molar-refractivity contribution in [3.8, 4) is 11.9 Å². The lowest BCUT2D eigenvalue weighted by atomic mass is 9.95. The summed E-state index contributed by atoms with van der Waals surface area (Å²) < 4.78 is 5.68. The molecular weight excluding hydrogens is 238 g/mol. The molecule has 1 aromatic heterocycles. The molecule has 0 saturated heterocycles. The molecule has 1 heterocycles. The van der Waals surface area contributed by atoms with E-state index in [1.165, 1.54) is 18.4 Å². The molecule has 1 aliphatic carbocycles. The summed E-state index contributed by atoms with van der Waals surface area (Å²) in [6.45, 7) is 1.59. The molecule has 4 nitrogen and oxygen atoms in total. The van der Waals surface area contributed by atoms with Crippen molar-refractivity contribution in [1.29, 1.82) is 5.26 Å². The second-order valence-electron chi connectivity index (χ2n) is 5.27. The van der Waals surface area contributed by atoms with E-state index in [4.69, 9.17) is 4.74 Å². The van der Waals surface area contributed by atoms with Crippen molar-refractivity contribution in [2.75, 3.05) is 27.2 Å². The number of ether oxygens (including phenoxy) is 1. The first-order chi connectivity index (χ1) is 9.20. The lowest BCUT2D eigenvalue weighted by Crippen LogP contribution is -2.16. The van der Waals surface area contributed by atoms with E-state index in [0.29, 0.717) is 18.1 Å². The van der Waals surface area contributed by atoms with Gasteiger partial charge in [-0.3, -0.25) is 0 Å². The molecule has 4 heteroatoms. The molecule has 0 aliphatic heterocycles. The maximum Gasteiger partial charge on any atom is 0.231 e. The molecule has 0 N–H and O–H groups in total. The van der Waals surface area contributed by atoms with Crippen LogP contribution in [0.1, 0.15) is 36.1 Å². The highest BCUT2D eigenvalue weighted by Gasteiger charge is 2.15. The van der Waals surface area contributed by atoms with Crippen molar-refractivity contribution in [2.45, 2.75) is 32.1 Å². The standard InChI is InChI=1S/C15H21N3O/c1-18(2)8-5-9-19-15-13(11-16)10-12-6-3-4-7-14(12)17-15/h10H,3-9H2,1-2H3. The van der Waals surface area contributed by atoms with E-state index in [9.17, 15) is 5.26 Å². The molecule has 0 fully saturated rings. The lowest BCUT2D eigenvalue weighted by molar-refractivity contribution is 0.271. The molecule has 0 radical (unpaired) electrons. The van der Waals surface area contributed by atoms with Gasteiger partial charge in [0, 0.05) is 12.2 Å². The molecule has 0 amide bonds. The first-order valence-corrected chi connectivity index (χ1v) is 6.91. The van der Waals surface area contributed by atoms with Crippen LogP contribution in [0.4, 0.5) is 0 Å². The second-order valence-corrected chi connectivity index (χ2v) is 5.27. The Bertz CT molecular complexity index is 477. The minimum Gasteiger partial charge on any atom is -0.477 e. The number of pyridine rings is 1. The van der Waals surface area contributed by atoms with Gasteiger partial charge in [-0.15, -0.1) is 0 Å². The van der Waals surface area contributed by atoms with Crippen LogP contribution in [-0.2, 0) is 12.8 Å². The van der Waals surface area contributed by atoms with Crippen molar-refractivity contribution >= 4 is 0 Å². The van der Waals surface area contributed by atoms with Crippen LogP contribution in [0.2, 0.25) is 0 Å². The van der Waals surface area contributed by atoms with Gasteiger partial charge in [0.15, 0.2) is 0 Å². The Balaban J connectivity index is 2.04. The molecule has 0 saturated carbocycles. The maximum absolute atomic E-state index is 9.19. The van der Waals surface area contributed by atoms with Gasteiger partial charge in [-0.25, -0.2) is 4.98 Å². The first kappa shape index (κ1) is 13.8. The highest BCUT2D eigenvalue weighted by Crippen LogP contribution is 2.25. The van der Waals surface area contributed by atoms with Gasteiger partial charge < -0.3 is 9.64 Å². The van der Waals surface area contributed by atoms with Crippen LogP contribution in [0.25, 0.3) is 0 Å². The number of hydrogen-bond donors (Lipinski definition) is 0. The number of nitriles is 1. The van der Waals surface area contributed by atoms with Gasteiger partial charge in [0.05, 0.1) is 6.61 Å². The quantitative estimate of drug-likeness (QED) is 0.760. The minimum absolute atomic E-state index is 0.516. The summed E-state index contributed by atoms with van der Waals surface area (Å²) in [5.74, 6) is 0.516. The second kappa shape index (κ2) is 6.53. The third-order valence-corrected chi connectivity index (χ3v) is 3.37. The molecule has 1 aromatic rings. The minimum atomic E-state index is 0.516. The average molecular weight is 259 g/mol. The van der Waals surface area contributed by atoms with E-state index in [1.54, 1.807) is 0 Å². The monoisotopic (exact) mass is 259 g/mol. The summed E-state index contributed by atoms with van der Waals surface area (Å²) in [7, 11) is 4.08. The fourth-order valence-corrected chi connectivity index (χ4v) is 2.35. The number of rotatable bonds is 5. The molecule has 2 rings (SSSR count). The van der Waals surface area contributed by atoms with Gasteiger partial charge >= 0.3 is 0 Å². The van der Waals surface area contributed by atoms with Crippen LogP contribution in [0.3, 0.4) is 0 Å². The van der Waals surface area contributed by atoms with Crippen LogP contribution in [0, 0.1) is 11.3 Å². The number of hydrogen-bond acceptors (Lipinski definition) is 4. The van der Waals surface area contributed by atoms with Crippen LogP contribution in [-0.4, -0.2) is 37.1 Å². The molecule has 0 aromatic carbocycles. The lowest BCUT2D eigenvalue weighted by Gasteiger charge is -2.17. The van der Waals surface area contributed by atoms with E-state index >= 15 is 0 Å². The van der Waals surface area contributed by atoms with Gasteiger partial charge in [-0.1, -0.05) is 0 Å². The molecular formula is C15H21N3O.